The van der Waals surface area contributed by atoms with E-state index in [1.807, 2.05) is 0 Å². The van der Waals surface area contributed by atoms with Crippen LogP contribution < -0.4 is 5.32 Å². The SMILES string of the molecule is Brc1ccccc1CN1CCNCC1C1CC1. The molecule has 1 saturated heterocycles. The Hall–Kier alpha value is -0.380. The molecule has 2 aliphatic rings. The molecular weight excluding hydrogens is 276 g/mol. The van der Waals surface area contributed by atoms with Crippen LogP contribution in [-0.2, 0) is 6.54 Å². The van der Waals surface area contributed by atoms with Crippen LogP contribution in [0.25, 0.3) is 0 Å². The van der Waals surface area contributed by atoms with E-state index in [9.17, 15) is 0 Å². The van der Waals surface area contributed by atoms with Crippen LogP contribution in [0.15, 0.2) is 28.7 Å². The summed E-state index contributed by atoms with van der Waals surface area (Å²) in [6, 6.07) is 9.36. The maximum Gasteiger partial charge on any atom is 0.0252 e. The molecular formula is C14H19BrN2. The normalized spacial score (nSPS) is 26.1. The standard InChI is InChI=1S/C14H19BrN2/c15-13-4-2-1-3-12(13)10-17-8-7-16-9-14(17)11-5-6-11/h1-4,11,14,16H,5-10H2. The van der Waals surface area contributed by atoms with Gasteiger partial charge in [0.2, 0.25) is 0 Å². The fourth-order valence-corrected chi connectivity index (χ4v) is 3.17. The van der Waals surface area contributed by atoms with Crippen molar-refractivity contribution in [3.8, 4) is 0 Å². The number of halogens is 1. The largest absolute Gasteiger partial charge is 0.314 e. The molecule has 1 aliphatic carbocycles. The van der Waals surface area contributed by atoms with Crippen LogP contribution in [0.3, 0.4) is 0 Å². The summed E-state index contributed by atoms with van der Waals surface area (Å²) < 4.78 is 1.24. The molecule has 3 heteroatoms. The van der Waals surface area contributed by atoms with Gasteiger partial charge < -0.3 is 5.32 Å². The minimum Gasteiger partial charge on any atom is -0.314 e. The van der Waals surface area contributed by atoms with Crippen molar-refractivity contribution < 1.29 is 0 Å². The third-order valence-corrected chi connectivity index (χ3v) is 4.67. The molecule has 0 amide bonds. The van der Waals surface area contributed by atoms with Crippen molar-refractivity contribution in [2.24, 2.45) is 5.92 Å². The average Bonchev–Trinajstić information content (AvgIpc) is 3.17. The summed E-state index contributed by atoms with van der Waals surface area (Å²) >= 11 is 3.65. The molecule has 1 aromatic carbocycles. The summed E-state index contributed by atoms with van der Waals surface area (Å²) in [6.45, 7) is 4.58. The lowest BCUT2D eigenvalue weighted by Gasteiger charge is -2.36. The minimum atomic E-state index is 0.760. The lowest BCUT2D eigenvalue weighted by Crippen LogP contribution is -2.51. The van der Waals surface area contributed by atoms with Gasteiger partial charge in [-0.25, -0.2) is 0 Å². The molecule has 17 heavy (non-hydrogen) atoms. The molecule has 0 spiro atoms. The van der Waals surface area contributed by atoms with Crippen molar-refractivity contribution in [1.82, 2.24) is 10.2 Å². The molecule has 3 rings (SSSR count). The second-order valence-corrected chi connectivity index (χ2v) is 6.03. The highest BCUT2D eigenvalue weighted by Gasteiger charge is 2.36. The predicted octanol–water partition coefficient (Wildman–Crippen LogP) is 2.63. The van der Waals surface area contributed by atoms with E-state index >= 15 is 0 Å². The Kier molecular flexibility index (Phi) is 3.50. The zero-order valence-electron chi connectivity index (χ0n) is 10.0. The highest BCUT2D eigenvalue weighted by atomic mass is 79.9. The van der Waals surface area contributed by atoms with Gasteiger partial charge in [0.15, 0.2) is 0 Å². The molecule has 1 aromatic rings. The molecule has 1 saturated carbocycles. The monoisotopic (exact) mass is 294 g/mol. The Bertz CT molecular complexity index is 390. The van der Waals surface area contributed by atoms with Crippen molar-refractivity contribution in [1.29, 1.82) is 0 Å². The Morgan fingerprint density at radius 1 is 1.29 bits per heavy atom. The molecule has 2 fully saturated rings. The van der Waals surface area contributed by atoms with Crippen LogP contribution in [0.1, 0.15) is 18.4 Å². The van der Waals surface area contributed by atoms with E-state index in [0.29, 0.717) is 0 Å². The summed E-state index contributed by atoms with van der Waals surface area (Å²) in [5, 5.41) is 3.53. The first-order chi connectivity index (χ1) is 8.34. The third-order valence-electron chi connectivity index (χ3n) is 3.90. The number of piperazine rings is 1. The van der Waals surface area contributed by atoms with Crippen LogP contribution in [0, 0.1) is 5.92 Å². The van der Waals surface area contributed by atoms with Gasteiger partial charge in [-0.1, -0.05) is 34.1 Å². The molecule has 1 unspecified atom stereocenters. The molecule has 0 bridgehead atoms. The van der Waals surface area contributed by atoms with Gasteiger partial charge in [-0.2, -0.15) is 0 Å². The number of hydrogen-bond acceptors (Lipinski definition) is 2. The second-order valence-electron chi connectivity index (χ2n) is 5.17. The first kappa shape index (κ1) is 11.7. The number of hydrogen-bond donors (Lipinski definition) is 1. The van der Waals surface area contributed by atoms with Crippen molar-refractivity contribution in [3.63, 3.8) is 0 Å². The van der Waals surface area contributed by atoms with Crippen molar-refractivity contribution >= 4 is 15.9 Å². The van der Waals surface area contributed by atoms with Gasteiger partial charge in [-0.3, -0.25) is 4.90 Å². The van der Waals surface area contributed by atoms with Crippen LogP contribution in [0.2, 0.25) is 0 Å². The fraction of sp³-hybridized carbons (Fsp3) is 0.571. The van der Waals surface area contributed by atoms with Crippen LogP contribution in [-0.4, -0.2) is 30.6 Å². The van der Waals surface area contributed by atoms with Crippen molar-refractivity contribution in [2.75, 3.05) is 19.6 Å². The maximum atomic E-state index is 3.65. The molecule has 1 heterocycles. The summed E-state index contributed by atoms with van der Waals surface area (Å²) in [5.74, 6) is 0.949. The van der Waals surface area contributed by atoms with E-state index < -0.39 is 0 Å². The molecule has 1 atom stereocenters. The van der Waals surface area contributed by atoms with Crippen LogP contribution in [0.5, 0.6) is 0 Å². The second kappa shape index (κ2) is 5.09. The van der Waals surface area contributed by atoms with E-state index in [1.54, 1.807) is 0 Å². The zero-order chi connectivity index (χ0) is 11.7. The molecule has 1 aliphatic heterocycles. The topological polar surface area (TPSA) is 15.3 Å². The first-order valence-corrected chi connectivity index (χ1v) is 7.32. The summed E-state index contributed by atoms with van der Waals surface area (Å²) in [5.41, 5.74) is 1.42. The van der Waals surface area contributed by atoms with Crippen LogP contribution in [0.4, 0.5) is 0 Å². The minimum absolute atomic E-state index is 0.760. The fourth-order valence-electron chi connectivity index (χ4n) is 2.76. The van der Waals surface area contributed by atoms with Crippen LogP contribution >= 0.6 is 15.9 Å². The van der Waals surface area contributed by atoms with E-state index in [0.717, 1.165) is 25.0 Å². The van der Waals surface area contributed by atoms with E-state index in [-0.39, 0.29) is 0 Å². The average molecular weight is 295 g/mol. The lowest BCUT2D eigenvalue weighted by atomic mass is 10.1. The van der Waals surface area contributed by atoms with Gasteiger partial charge in [0.25, 0.3) is 0 Å². The Balaban J connectivity index is 1.72. The van der Waals surface area contributed by atoms with Gasteiger partial charge in [0, 0.05) is 36.7 Å². The highest BCUT2D eigenvalue weighted by Crippen LogP contribution is 2.36. The zero-order valence-corrected chi connectivity index (χ0v) is 11.6. The Morgan fingerprint density at radius 2 is 2.12 bits per heavy atom. The van der Waals surface area contributed by atoms with Gasteiger partial charge in [0.05, 0.1) is 0 Å². The van der Waals surface area contributed by atoms with Gasteiger partial charge in [-0.05, 0) is 30.4 Å². The lowest BCUT2D eigenvalue weighted by molar-refractivity contribution is 0.135. The van der Waals surface area contributed by atoms with Gasteiger partial charge >= 0.3 is 0 Å². The third kappa shape index (κ3) is 2.72. The summed E-state index contributed by atoms with van der Waals surface area (Å²) in [6.07, 6.45) is 2.86. The first-order valence-electron chi connectivity index (χ1n) is 6.53. The smallest absolute Gasteiger partial charge is 0.0252 e. The quantitative estimate of drug-likeness (QED) is 0.922. The van der Waals surface area contributed by atoms with E-state index in [2.05, 4.69) is 50.4 Å². The summed E-state index contributed by atoms with van der Waals surface area (Å²) in [7, 11) is 0. The van der Waals surface area contributed by atoms with Gasteiger partial charge in [-0.15, -0.1) is 0 Å². The van der Waals surface area contributed by atoms with E-state index in [1.165, 1.54) is 36.0 Å². The molecule has 92 valence electrons. The molecule has 0 aromatic heterocycles. The van der Waals surface area contributed by atoms with Crippen molar-refractivity contribution in [2.45, 2.75) is 25.4 Å². The molecule has 1 N–H and O–H groups in total. The number of benzene rings is 1. The maximum absolute atomic E-state index is 3.65. The van der Waals surface area contributed by atoms with Gasteiger partial charge in [0.1, 0.15) is 0 Å². The summed E-state index contributed by atoms with van der Waals surface area (Å²) in [4.78, 5) is 2.66. The highest BCUT2D eigenvalue weighted by molar-refractivity contribution is 9.10. The number of nitrogens with zero attached hydrogens (tertiary/aromatic N) is 1. The molecule has 0 radical (unpaired) electrons. The molecule has 2 nitrogen and oxygen atoms in total. The number of nitrogens with one attached hydrogen (secondary N) is 1. The Morgan fingerprint density at radius 3 is 2.88 bits per heavy atom. The number of rotatable bonds is 3. The predicted molar refractivity (Wildman–Crippen MR) is 73.9 cm³/mol. The Labute approximate surface area is 112 Å². The van der Waals surface area contributed by atoms with E-state index in [4.69, 9.17) is 0 Å². The van der Waals surface area contributed by atoms with Crippen molar-refractivity contribution in [3.05, 3.63) is 34.3 Å².